The van der Waals surface area contributed by atoms with Gasteiger partial charge in [-0.05, 0) is 59.1 Å². The van der Waals surface area contributed by atoms with Crippen LogP contribution in [-0.4, -0.2) is 40.2 Å². The predicted octanol–water partition coefficient (Wildman–Crippen LogP) is 3.59. The van der Waals surface area contributed by atoms with E-state index in [2.05, 4.69) is 32.6 Å². The fourth-order valence-electron chi connectivity index (χ4n) is 3.60. The van der Waals surface area contributed by atoms with Crippen LogP contribution >= 0.6 is 0 Å². The number of rotatable bonds is 4. The van der Waals surface area contributed by atoms with Crippen LogP contribution < -0.4 is 0 Å². The monoisotopic (exact) mass is 305 g/mol. The number of para-hydroxylation sites is 1. The summed E-state index contributed by atoms with van der Waals surface area (Å²) in [4.78, 5) is 14.5. The van der Waals surface area contributed by atoms with Crippen molar-refractivity contribution in [2.75, 3.05) is 13.2 Å². The number of ether oxygens (including phenoxy) is 1. The number of piperidine rings is 1. The third-order valence-electron chi connectivity index (χ3n) is 4.71. The Morgan fingerprint density at radius 2 is 1.77 bits per heavy atom. The quantitative estimate of drug-likeness (QED) is 0.864. The summed E-state index contributed by atoms with van der Waals surface area (Å²) < 4.78 is 5.36. The second kappa shape index (κ2) is 6.29. The van der Waals surface area contributed by atoms with E-state index >= 15 is 0 Å². The van der Waals surface area contributed by atoms with Crippen LogP contribution in [0, 0.1) is 0 Å². The number of phenolic OH excluding ortho intramolecular Hbond substituents is 1. The Bertz CT molecular complexity index is 521. The van der Waals surface area contributed by atoms with Crippen molar-refractivity contribution in [1.82, 2.24) is 4.90 Å². The summed E-state index contributed by atoms with van der Waals surface area (Å²) in [5, 5.41) is 9.68. The first-order valence-corrected chi connectivity index (χ1v) is 7.97. The van der Waals surface area contributed by atoms with Gasteiger partial charge in [0.15, 0.2) is 0 Å². The lowest BCUT2D eigenvalue weighted by Gasteiger charge is -2.52. The number of carbonyl (C=O) groups excluding carboxylic acids is 1. The molecule has 1 N–H and O–H groups in total. The summed E-state index contributed by atoms with van der Waals surface area (Å²) in [6.45, 7) is 10.0. The van der Waals surface area contributed by atoms with Crippen LogP contribution in [0.2, 0.25) is 0 Å². The summed E-state index contributed by atoms with van der Waals surface area (Å²) in [5.74, 6) is -0.503. The number of hydrogen-bond donors (Lipinski definition) is 1. The first kappa shape index (κ1) is 16.8. The van der Waals surface area contributed by atoms with E-state index in [9.17, 15) is 9.90 Å². The Labute approximate surface area is 133 Å². The zero-order valence-corrected chi connectivity index (χ0v) is 14.1. The van der Waals surface area contributed by atoms with E-state index in [1.165, 1.54) is 12.5 Å². The number of benzene rings is 1. The van der Waals surface area contributed by atoms with E-state index < -0.39 is 5.97 Å². The average molecular weight is 305 g/mol. The largest absolute Gasteiger partial charge is 0.507 e. The van der Waals surface area contributed by atoms with Gasteiger partial charge in [-0.15, -0.1) is 0 Å². The lowest BCUT2D eigenvalue weighted by Crippen LogP contribution is -2.59. The van der Waals surface area contributed by atoms with Crippen molar-refractivity contribution < 1.29 is 14.6 Å². The van der Waals surface area contributed by atoms with E-state index in [0.717, 1.165) is 12.8 Å². The SMILES string of the molecule is CC1(C)CCCC(C)(C)N1CCOC(=O)c1ccccc1O. The minimum Gasteiger partial charge on any atom is -0.507 e. The lowest BCUT2D eigenvalue weighted by molar-refractivity contribution is -0.0402. The number of likely N-dealkylation sites (tertiary alicyclic amines) is 1. The number of phenols is 1. The smallest absolute Gasteiger partial charge is 0.341 e. The fourth-order valence-corrected chi connectivity index (χ4v) is 3.60. The normalized spacial score (nSPS) is 20.5. The van der Waals surface area contributed by atoms with Gasteiger partial charge in [0, 0.05) is 17.6 Å². The van der Waals surface area contributed by atoms with E-state index in [-0.39, 0.29) is 22.4 Å². The first-order chi connectivity index (χ1) is 10.2. The Hall–Kier alpha value is -1.55. The zero-order chi connectivity index (χ0) is 16.4. The Kier molecular flexibility index (Phi) is 4.81. The first-order valence-electron chi connectivity index (χ1n) is 7.97. The van der Waals surface area contributed by atoms with Gasteiger partial charge in [0.25, 0.3) is 0 Å². The van der Waals surface area contributed by atoms with Crippen LogP contribution in [0.15, 0.2) is 24.3 Å². The zero-order valence-electron chi connectivity index (χ0n) is 14.1. The molecule has 1 heterocycles. The Morgan fingerprint density at radius 1 is 1.18 bits per heavy atom. The van der Waals surface area contributed by atoms with Gasteiger partial charge in [0.1, 0.15) is 17.9 Å². The van der Waals surface area contributed by atoms with E-state index in [0.29, 0.717) is 13.2 Å². The third kappa shape index (κ3) is 3.61. The third-order valence-corrected chi connectivity index (χ3v) is 4.71. The van der Waals surface area contributed by atoms with Crippen molar-refractivity contribution >= 4 is 5.97 Å². The maximum absolute atomic E-state index is 12.0. The Morgan fingerprint density at radius 3 is 2.36 bits per heavy atom. The average Bonchev–Trinajstić information content (AvgIpc) is 2.41. The summed E-state index contributed by atoms with van der Waals surface area (Å²) >= 11 is 0. The van der Waals surface area contributed by atoms with Crippen molar-refractivity contribution in [3.05, 3.63) is 29.8 Å². The van der Waals surface area contributed by atoms with Gasteiger partial charge in [0.2, 0.25) is 0 Å². The topological polar surface area (TPSA) is 49.8 Å². The van der Waals surface area contributed by atoms with Crippen LogP contribution in [0.1, 0.15) is 57.3 Å². The van der Waals surface area contributed by atoms with Crippen molar-refractivity contribution in [3.63, 3.8) is 0 Å². The van der Waals surface area contributed by atoms with Crippen molar-refractivity contribution in [2.45, 2.75) is 58.0 Å². The molecule has 0 saturated carbocycles. The molecule has 1 aliphatic heterocycles. The number of aromatic hydroxyl groups is 1. The maximum atomic E-state index is 12.0. The van der Waals surface area contributed by atoms with Gasteiger partial charge in [0.05, 0.1) is 0 Å². The van der Waals surface area contributed by atoms with Crippen molar-refractivity contribution in [2.24, 2.45) is 0 Å². The molecule has 1 saturated heterocycles. The number of carbonyl (C=O) groups is 1. The lowest BCUT2D eigenvalue weighted by atomic mass is 9.80. The van der Waals surface area contributed by atoms with Crippen LogP contribution in [0.3, 0.4) is 0 Å². The highest BCUT2D eigenvalue weighted by atomic mass is 16.5. The molecule has 4 heteroatoms. The second-order valence-corrected chi connectivity index (χ2v) is 7.28. The minimum absolute atomic E-state index is 0.0360. The molecule has 2 rings (SSSR count). The molecular weight excluding hydrogens is 278 g/mol. The van der Waals surface area contributed by atoms with Gasteiger partial charge >= 0.3 is 5.97 Å². The van der Waals surface area contributed by atoms with E-state index in [1.807, 2.05) is 0 Å². The van der Waals surface area contributed by atoms with E-state index in [1.54, 1.807) is 18.2 Å². The molecule has 0 unspecified atom stereocenters. The standard InChI is InChI=1S/C18H27NO3/c1-17(2)10-7-11-18(3,4)19(17)12-13-22-16(21)14-8-5-6-9-15(14)20/h5-6,8-9,20H,7,10-13H2,1-4H3. The van der Waals surface area contributed by atoms with Gasteiger partial charge in [-0.2, -0.15) is 0 Å². The van der Waals surface area contributed by atoms with E-state index in [4.69, 9.17) is 4.74 Å². The van der Waals surface area contributed by atoms with Gasteiger partial charge in [-0.25, -0.2) is 4.79 Å². The molecule has 0 atom stereocenters. The molecule has 0 amide bonds. The number of esters is 1. The number of hydrogen-bond acceptors (Lipinski definition) is 4. The molecule has 1 aliphatic rings. The predicted molar refractivity (Wildman–Crippen MR) is 87.1 cm³/mol. The molecule has 1 fully saturated rings. The van der Waals surface area contributed by atoms with Gasteiger partial charge in [-0.1, -0.05) is 12.1 Å². The molecular formula is C18H27NO3. The highest BCUT2D eigenvalue weighted by molar-refractivity contribution is 5.92. The molecule has 1 aromatic carbocycles. The van der Waals surface area contributed by atoms with Crippen molar-refractivity contribution in [3.8, 4) is 5.75 Å². The van der Waals surface area contributed by atoms with Crippen molar-refractivity contribution in [1.29, 1.82) is 0 Å². The summed E-state index contributed by atoms with van der Waals surface area (Å²) in [7, 11) is 0. The minimum atomic E-state index is -0.467. The molecule has 0 radical (unpaired) electrons. The molecule has 122 valence electrons. The number of nitrogens with zero attached hydrogens (tertiary/aromatic N) is 1. The van der Waals surface area contributed by atoms with Crippen LogP contribution in [0.4, 0.5) is 0 Å². The van der Waals surface area contributed by atoms with Crippen LogP contribution in [-0.2, 0) is 4.74 Å². The highest BCUT2D eigenvalue weighted by Crippen LogP contribution is 2.37. The molecule has 0 aliphatic carbocycles. The summed E-state index contributed by atoms with van der Waals surface area (Å²) in [6, 6.07) is 6.47. The fraction of sp³-hybridized carbons (Fsp3) is 0.611. The summed E-state index contributed by atoms with van der Waals surface area (Å²) in [5.41, 5.74) is 0.450. The maximum Gasteiger partial charge on any atom is 0.341 e. The van der Waals surface area contributed by atoms with Gasteiger partial charge in [-0.3, -0.25) is 4.90 Å². The summed E-state index contributed by atoms with van der Waals surface area (Å²) in [6.07, 6.45) is 3.54. The van der Waals surface area contributed by atoms with Gasteiger partial charge < -0.3 is 9.84 Å². The Balaban J connectivity index is 1.95. The van der Waals surface area contributed by atoms with Crippen LogP contribution in [0.5, 0.6) is 5.75 Å². The molecule has 0 spiro atoms. The molecule has 0 bridgehead atoms. The van der Waals surface area contributed by atoms with Crippen LogP contribution in [0.25, 0.3) is 0 Å². The molecule has 22 heavy (non-hydrogen) atoms. The molecule has 1 aromatic rings. The molecule has 4 nitrogen and oxygen atoms in total. The highest BCUT2D eigenvalue weighted by Gasteiger charge is 2.40. The second-order valence-electron chi connectivity index (χ2n) is 7.28. The molecule has 0 aromatic heterocycles.